The van der Waals surface area contributed by atoms with Gasteiger partial charge in [0.05, 0.1) is 11.8 Å². The zero-order chi connectivity index (χ0) is 13.0. The second kappa shape index (κ2) is 6.09. The van der Waals surface area contributed by atoms with Crippen LogP contribution in [0.2, 0.25) is 0 Å². The van der Waals surface area contributed by atoms with Crippen molar-refractivity contribution in [3.8, 4) is 5.75 Å². The molecule has 1 aliphatic rings. The normalized spacial score (nSPS) is 23.6. The van der Waals surface area contributed by atoms with E-state index in [0.717, 1.165) is 30.9 Å². The fourth-order valence-corrected chi connectivity index (χ4v) is 3.03. The highest BCUT2D eigenvalue weighted by Crippen LogP contribution is 2.27. The van der Waals surface area contributed by atoms with Gasteiger partial charge >= 0.3 is 0 Å². The minimum atomic E-state index is -0.206. The van der Waals surface area contributed by atoms with Gasteiger partial charge in [0.15, 0.2) is 0 Å². The van der Waals surface area contributed by atoms with Gasteiger partial charge in [-0.3, -0.25) is 9.78 Å². The summed E-state index contributed by atoms with van der Waals surface area (Å²) in [6.07, 6.45) is 9.27. The first-order valence-corrected chi connectivity index (χ1v) is 7.46. The first-order valence-electron chi connectivity index (χ1n) is 6.17. The maximum atomic E-state index is 12.0. The van der Waals surface area contributed by atoms with E-state index < -0.39 is 0 Å². The third kappa shape index (κ3) is 3.16. The summed E-state index contributed by atoms with van der Waals surface area (Å²) in [5.41, 5.74) is 0.303. The molecular weight excluding hydrogens is 248 g/mol. The summed E-state index contributed by atoms with van der Waals surface area (Å²) in [6.45, 7) is 0. The highest BCUT2D eigenvalue weighted by atomic mass is 32.2. The fourth-order valence-electron chi connectivity index (χ4n) is 2.28. The van der Waals surface area contributed by atoms with Crippen LogP contribution in [0.3, 0.4) is 0 Å². The van der Waals surface area contributed by atoms with Crippen LogP contribution in [0.4, 0.5) is 0 Å². The molecule has 4 nitrogen and oxygen atoms in total. The number of aromatic nitrogens is 1. The summed E-state index contributed by atoms with van der Waals surface area (Å²) < 4.78 is 0. The summed E-state index contributed by atoms with van der Waals surface area (Å²) in [7, 11) is 0. The third-order valence-electron chi connectivity index (χ3n) is 3.39. The molecule has 18 heavy (non-hydrogen) atoms. The number of carbonyl (C=O) groups is 1. The number of amides is 1. The van der Waals surface area contributed by atoms with Crippen molar-refractivity contribution in [2.75, 3.05) is 6.26 Å². The highest BCUT2D eigenvalue weighted by Gasteiger charge is 2.22. The van der Waals surface area contributed by atoms with Crippen molar-refractivity contribution in [2.24, 2.45) is 0 Å². The fraction of sp³-hybridized carbons (Fsp3) is 0.538. The van der Waals surface area contributed by atoms with Gasteiger partial charge in [0.1, 0.15) is 5.75 Å². The molecular formula is C13H18N2O2S. The van der Waals surface area contributed by atoms with Crippen LogP contribution < -0.4 is 5.32 Å². The number of hydrogen-bond acceptors (Lipinski definition) is 4. The average Bonchev–Trinajstić information content (AvgIpc) is 2.40. The summed E-state index contributed by atoms with van der Waals surface area (Å²) >= 11 is 1.90. The standard InChI is InChI=1S/C13H18N2O2S/c1-18-10-4-2-9(3-5-10)15-13(17)11-6-7-14-8-12(11)16/h6-10,16H,2-5H2,1H3,(H,15,17). The van der Waals surface area contributed by atoms with Crippen LogP contribution in [0.15, 0.2) is 18.5 Å². The van der Waals surface area contributed by atoms with Crippen LogP contribution in [0.25, 0.3) is 0 Å². The van der Waals surface area contributed by atoms with Crippen molar-refractivity contribution in [1.29, 1.82) is 0 Å². The van der Waals surface area contributed by atoms with Gasteiger partial charge in [-0.15, -0.1) is 0 Å². The number of thioether (sulfide) groups is 1. The molecule has 1 aliphatic carbocycles. The van der Waals surface area contributed by atoms with E-state index in [1.165, 1.54) is 18.5 Å². The Morgan fingerprint density at radius 1 is 1.44 bits per heavy atom. The zero-order valence-corrected chi connectivity index (χ0v) is 11.2. The Labute approximate surface area is 111 Å². The maximum Gasteiger partial charge on any atom is 0.255 e. The van der Waals surface area contributed by atoms with Gasteiger partial charge in [0, 0.05) is 17.5 Å². The molecule has 0 radical (unpaired) electrons. The molecule has 98 valence electrons. The lowest BCUT2D eigenvalue weighted by molar-refractivity contribution is 0.0925. The highest BCUT2D eigenvalue weighted by molar-refractivity contribution is 7.99. The Hall–Kier alpha value is -1.23. The zero-order valence-electron chi connectivity index (χ0n) is 10.4. The molecule has 0 saturated heterocycles. The molecule has 1 saturated carbocycles. The maximum absolute atomic E-state index is 12.0. The van der Waals surface area contributed by atoms with Gasteiger partial charge in [-0.2, -0.15) is 11.8 Å². The first-order chi connectivity index (χ1) is 8.70. The Bertz CT molecular complexity index is 417. The van der Waals surface area contributed by atoms with Gasteiger partial charge in [0.2, 0.25) is 0 Å². The molecule has 1 aromatic heterocycles. The van der Waals surface area contributed by atoms with Crippen LogP contribution in [-0.4, -0.2) is 33.5 Å². The van der Waals surface area contributed by atoms with Gasteiger partial charge in [-0.25, -0.2) is 0 Å². The molecule has 0 unspecified atom stereocenters. The van der Waals surface area contributed by atoms with Gasteiger partial charge < -0.3 is 10.4 Å². The molecule has 1 fully saturated rings. The SMILES string of the molecule is CSC1CCC(NC(=O)c2ccncc2O)CC1. The topological polar surface area (TPSA) is 62.2 Å². The smallest absolute Gasteiger partial charge is 0.255 e. The van der Waals surface area contributed by atoms with E-state index in [2.05, 4.69) is 16.6 Å². The second-order valence-electron chi connectivity index (χ2n) is 4.58. The van der Waals surface area contributed by atoms with E-state index >= 15 is 0 Å². The number of rotatable bonds is 3. The molecule has 0 spiro atoms. The van der Waals surface area contributed by atoms with Gasteiger partial charge in [-0.1, -0.05) is 0 Å². The molecule has 1 aromatic rings. The Morgan fingerprint density at radius 2 is 2.17 bits per heavy atom. The van der Waals surface area contributed by atoms with Crippen molar-refractivity contribution < 1.29 is 9.90 Å². The van der Waals surface area contributed by atoms with E-state index in [9.17, 15) is 9.90 Å². The van der Waals surface area contributed by atoms with Crippen molar-refractivity contribution in [2.45, 2.75) is 37.0 Å². The minimum Gasteiger partial charge on any atom is -0.505 e. The van der Waals surface area contributed by atoms with E-state index in [4.69, 9.17) is 0 Å². The molecule has 2 N–H and O–H groups in total. The molecule has 0 bridgehead atoms. The summed E-state index contributed by atoms with van der Waals surface area (Å²) in [5, 5.41) is 13.3. The van der Waals surface area contributed by atoms with Crippen LogP contribution >= 0.6 is 11.8 Å². The lowest BCUT2D eigenvalue weighted by Gasteiger charge is -2.28. The first kappa shape index (κ1) is 13.2. The molecule has 1 heterocycles. The number of nitrogens with zero attached hydrogens (tertiary/aromatic N) is 1. The van der Waals surface area contributed by atoms with Gasteiger partial charge in [-0.05, 0) is 38.0 Å². The van der Waals surface area contributed by atoms with Crippen molar-refractivity contribution in [3.63, 3.8) is 0 Å². The summed E-state index contributed by atoms with van der Waals surface area (Å²) in [6, 6.07) is 1.77. The number of pyridine rings is 1. The van der Waals surface area contributed by atoms with E-state index in [1.807, 2.05) is 11.8 Å². The van der Waals surface area contributed by atoms with E-state index in [-0.39, 0.29) is 17.7 Å². The molecule has 2 rings (SSSR count). The van der Waals surface area contributed by atoms with Crippen molar-refractivity contribution in [1.82, 2.24) is 10.3 Å². The van der Waals surface area contributed by atoms with Crippen LogP contribution in [0.5, 0.6) is 5.75 Å². The third-order valence-corrected chi connectivity index (χ3v) is 4.53. The van der Waals surface area contributed by atoms with E-state index in [1.54, 1.807) is 0 Å². The van der Waals surface area contributed by atoms with Crippen LogP contribution in [-0.2, 0) is 0 Å². The van der Waals surface area contributed by atoms with Crippen molar-refractivity contribution >= 4 is 17.7 Å². The number of nitrogens with one attached hydrogen (secondary N) is 1. The predicted molar refractivity (Wildman–Crippen MR) is 72.9 cm³/mol. The monoisotopic (exact) mass is 266 g/mol. The number of carbonyl (C=O) groups excluding carboxylic acids is 1. The summed E-state index contributed by atoms with van der Waals surface area (Å²) in [5.74, 6) is -0.268. The molecule has 0 aliphatic heterocycles. The van der Waals surface area contributed by atoms with Gasteiger partial charge in [0.25, 0.3) is 5.91 Å². The Balaban J connectivity index is 1.91. The largest absolute Gasteiger partial charge is 0.505 e. The molecule has 1 amide bonds. The number of hydrogen-bond donors (Lipinski definition) is 2. The molecule has 0 atom stereocenters. The predicted octanol–water partition coefficient (Wildman–Crippen LogP) is 2.19. The summed E-state index contributed by atoms with van der Waals surface area (Å²) in [4.78, 5) is 15.7. The average molecular weight is 266 g/mol. The Kier molecular flexibility index (Phi) is 4.47. The van der Waals surface area contributed by atoms with Crippen LogP contribution in [0, 0.1) is 0 Å². The lowest BCUT2D eigenvalue weighted by Crippen LogP contribution is -2.38. The molecule has 5 heteroatoms. The number of aromatic hydroxyl groups is 1. The lowest BCUT2D eigenvalue weighted by atomic mass is 9.94. The minimum absolute atomic E-state index is 0.0622. The van der Waals surface area contributed by atoms with E-state index in [0.29, 0.717) is 5.56 Å². The van der Waals surface area contributed by atoms with Crippen LogP contribution in [0.1, 0.15) is 36.0 Å². The molecule has 0 aromatic carbocycles. The second-order valence-corrected chi connectivity index (χ2v) is 5.71. The Morgan fingerprint density at radius 3 is 2.78 bits per heavy atom. The quantitative estimate of drug-likeness (QED) is 0.880. The van der Waals surface area contributed by atoms with Crippen molar-refractivity contribution in [3.05, 3.63) is 24.0 Å².